The van der Waals surface area contributed by atoms with Gasteiger partial charge in [0.05, 0.1) is 12.4 Å². The Balaban J connectivity index is 2.57. The van der Waals surface area contributed by atoms with E-state index in [1.54, 1.807) is 7.05 Å². The van der Waals surface area contributed by atoms with E-state index in [2.05, 4.69) is 15.9 Å². The van der Waals surface area contributed by atoms with Crippen molar-refractivity contribution in [2.75, 3.05) is 26.0 Å². The van der Waals surface area contributed by atoms with Crippen LogP contribution in [0, 0.1) is 0 Å². The summed E-state index contributed by atoms with van der Waals surface area (Å²) < 4.78 is 30.8. The molecular weight excluding hydrogens is 306 g/mol. The third-order valence-corrected chi connectivity index (χ3v) is 6.14. The molecule has 0 spiro atoms. The predicted molar refractivity (Wildman–Crippen MR) is 73.0 cm³/mol. The lowest BCUT2D eigenvalue weighted by Crippen LogP contribution is -2.45. The summed E-state index contributed by atoms with van der Waals surface area (Å²) in [6.07, 6.45) is 4.29. The minimum Gasteiger partial charge on any atom is -0.381 e. The summed E-state index contributed by atoms with van der Waals surface area (Å²) in [5, 5.41) is 0. The Hall–Kier alpha value is 0.350. The fraction of sp³-hybridized carbons (Fsp3) is 1.00. The standard InChI is InChI=1S/C11H22BrNO3S/c1-3-16-8-9-17(14,15)13(2)11-7-5-4-6-10(11)12/h10-11H,3-9H2,1-2H3. The lowest BCUT2D eigenvalue weighted by atomic mass is 9.96. The molecule has 0 bridgehead atoms. The maximum Gasteiger partial charge on any atom is 0.216 e. The third-order valence-electron chi connectivity index (χ3n) is 3.24. The van der Waals surface area contributed by atoms with Crippen LogP contribution in [-0.4, -0.2) is 49.6 Å². The van der Waals surface area contributed by atoms with Crippen LogP contribution in [0.15, 0.2) is 0 Å². The maximum absolute atomic E-state index is 12.1. The van der Waals surface area contributed by atoms with Gasteiger partial charge >= 0.3 is 0 Å². The number of hydrogen-bond donors (Lipinski definition) is 0. The minimum atomic E-state index is -3.19. The first kappa shape index (κ1) is 15.4. The van der Waals surface area contributed by atoms with E-state index in [1.165, 1.54) is 10.7 Å². The Bertz CT molecular complexity index is 321. The fourth-order valence-corrected chi connectivity index (χ4v) is 4.52. The molecule has 0 aromatic rings. The summed E-state index contributed by atoms with van der Waals surface area (Å²) in [5.41, 5.74) is 0. The lowest BCUT2D eigenvalue weighted by Gasteiger charge is -2.34. The minimum absolute atomic E-state index is 0.0769. The van der Waals surface area contributed by atoms with E-state index in [0.29, 0.717) is 6.61 Å². The average Bonchev–Trinajstić information content (AvgIpc) is 2.29. The van der Waals surface area contributed by atoms with E-state index in [4.69, 9.17) is 4.74 Å². The van der Waals surface area contributed by atoms with Crippen molar-refractivity contribution in [3.63, 3.8) is 0 Å². The van der Waals surface area contributed by atoms with Crippen molar-refractivity contribution in [2.45, 2.75) is 43.5 Å². The molecule has 0 aromatic carbocycles. The van der Waals surface area contributed by atoms with Crippen LogP contribution in [-0.2, 0) is 14.8 Å². The summed E-state index contributed by atoms with van der Waals surface area (Å²) in [7, 11) is -1.50. The van der Waals surface area contributed by atoms with Gasteiger partial charge in [-0.15, -0.1) is 0 Å². The molecule has 0 saturated heterocycles. The van der Waals surface area contributed by atoms with Gasteiger partial charge in [-0.2, -0.15) is 0 Å². The first-order chi connectivity index (χ1) is 7.99. The molecule has 0 amide bonds. The van der Waals surface area contributed by atoms with Gasteiger partial charge in [-0.05, 0) is 19.8 Å². The molecule has 0 N–H and O–H groups in total. The van der Waals surface area contributed by atoms with Gasteiger partial charge in [0, 0.05) is 24.5 Å². The Morgan fingerprint density at radius 3 is 2.59 bits per heavy atom. The molecule has 2 atom stereocenters. The Morgan fingerprint density at radius 2 is 2.00 bits per heavy atom. The number of alkyl halides is 1. The number of rotatable bonds is 6. The quantitative estimate of drug-likeness (QED) is 0.553. The van der Waals surface area contributed by atoms with E-state index in [1.807, 2.05) is 6.92 Å². The van der Waals surface area contributed by atoms with Gasteiger partial charge in [-0.3, -0.25) is 0 Å². The van der Waals surface area contributed by atoms with Crippen molar-refractivity contribution in [1.29, 1.82) is 0 Å². The van der Waals surface area contributed by atoms with Crippen LogP contribution in [0.4, 0.5) is 0 Å². The molecular formula is C11H22BrNO3S. The maximum atomic E-state index is 12.1. The van der Waals surface area contributed by atoms with E-state index < -0.39 is 10.0 Å². The van der Waals surface area contributed by atoms with Crippen molar-refractivity contribution < 1.29 is 13.2 Å². The Morgan fingerprint density at radius 1 is 1.35 bits per heavy atom. The first-order valence-corrected chi connectivity index (χ1v) is 8.69. The summed E-state index contributed by atoms with van der Waals surface area (Å²) in [4.78, 5) is 0.281. The summed E-state index contributed by atoms with van der Waals surface area (Å²) in [6, 6.07) is 0.0929. The van der Waals surface area contributed by atoms with E-state index in [9.17, 15) is 8.42 Å². The fourth-order valence-electron chi connectivity index (χ4n) is 2.13. The number of sulfonamides is 1. The molecule has 0 aliphatic heterocycles. The third kappa shape index (κ3) is 4.50. The molecule has 1 saturated carbocycles. The highest BCUT2D eigenvalue weighted by atomic mass is 79.9. The molecule has 4 nitrogen and oxygen atoms in total. The van der Waals surface area contributed by atoms with Crippen LogP contribution in [0.2, 0.25) is 0 Å². The zero-order valence-electron chi connectivity index (χ0n) is 10.6. The van der Waals surface area contributed by atoms with Crippen molar-refractivity contribution >= 4 is 26.0 Å². The van der Waals surface area contributed by atoms with Crippen LogP contribution in [0.1, 0.15) is 32.6 Å². The topological polar surface area (TPSA) is 46.6 Å². The smallest absolute Gasteiger partial charge is 0.216 e. The van der Waals surface area contributed by atoms with Crippen molar-refractivity contribution in [3.05, 3.63) is 0 Å². The summed E-state index contributed by atoms with van der Waals surface area (Å²) in [5.74, 6) is 0.0769. The van der Waals surface area contributed by atoms with Crippen LogP contribution >= 0.6 is 15.9 Å². The van der Waals surface area contributed by atoms with E-state index in [0.717, 1.165) is 19.3 Å². The second kappa shape index (κ2) is 7.07. The van der Waals surface area contributed by atoms with Crippen molar-refractivity contribution in [1.82, 2.24) is 4.31 Å². The molecule has 6 heteroatoms. The number of nitrogens with zero attached hydrogens (tertiary/aromatic N) is 1. The average molecular weight is 328 g/mol. The molecule has 0 radical (unpaired) electrons. The van der Waals surface area contributed by atoms with Gasteiger partial charge in [0.2, 0.25) is 10.0 Å². The van der Waals surface area contributed by atoms with Gasteiger partial charge in [-0.25, -0.2) is 12.7 Å². The van der Waals surface area contributed by atoms with Gasteiger partial charge in [0.15, 0.2) is 0 Å². The summed E-state index contributed by atoms with van der Waals surface area (Å²) in [6.45, 7) is 2.71. The Kier molecular flexibility index (Phi) is 6.40. The first-order valence-electron chi connectivity index (χ1n) is 6.16. The largest absolute Gasteiger partial charge is 0.381 e. The molecule has 1 aliphatic rings. The molecule has 1 rings (SSSR count). The molecule has 1 fully saturated rings. The highest BCUT2D eigenvalue weighted by Crippen LogP contribution is 2.29. The van der Waals surface area contributed by atoms with Crippen molar-refractivity contribution in [2.24, 2.45) is 0 Å². The highest BCUT2D eigenvalue weighted by Gasteiger charge is 2.32. The molecule has 0 heterocycles. The number of ether oxygens (including phenoxy) is 1. The molecule has 2 unspecified atom stereocenters. The SMILES string of the molecule is CCOCCS(=O)(=O)N(C)C1CCCCC1Br. The predicted octanol–water partition coefficient (Wildman–Crippen LogP) is 1.99. The zero-order valence-corrected chi connectivity index (χ0v) is 13.0. The van der Waals surface area contributed by atoms with Gasteiger partial charge < -0.3 is 4.74 Å². The summed E-state index contributed by atoms with van der Waals surface area (Å²) >= 11 is 3.59. The number of halogens is 1. The number of hydrogen-bond acceptors (Lipinski definition) is 3. The molecule has 0 aromatic heterocycles. The van der Waals surface area contributed by atoms with Gasteiger partial charge in [0.25, 0.3) is 0 Å². The van der Waals surface area contributed by atoms with E-state index in [-0.39, 0.29) is 23.2 Å². The van der Waals surface area contributed by atoms with Gasteiger partial charge in [-0.1, -0.05) is 28.8 Å². The van der Waals surface area contributed by atoms with Crippen LogP contribution in [0.5, 0.6) is 0 Å². The van der Waals surface area contributed by atoms with Gasteiger partial charge in [0.1, 0.15) is 0 Å². The van der Waals surface area contributed by atoms with Crippen molar-refractivity contribution in [3.8, 4) is 0 Å². The molecule has 17 heavy (non-hydrogen) atoms. The normalized spacial score (nSPS) is 26.4. The monoisotopic (exact) mass is 327 g/mol. The second-order valence-corrected chi connectivity index (χ2v) is 7.72. The second-order valence-electron chi connectivity index (χ2n) is 4.40. The lowest BCUT2D eigenvalue weighted by molar-refractivity contribution is 0.162. The zero-order chi connectivity index (χ0) is 12.9. The van der Waals surface area contributed by atoms with Crippen LogP contribution in [0.25, 0.3) is 0 Å². The van der Waals surface area contributed by atoms with Crippen LogP contribution in [0.3, 0.4) is 0 Å². The van der Waals surface area contributed by atoms with E-state index >= 15 is 0 Å². The van der Waals surface area contributed by atoms with Crippen LogP contribution < -0.4 is 0 Å². The molecule has 1 aliphatic carbocycles. The highest BCUT2D eigenvalue weighted by molar-refractivity contribution is 9.09. The molecule has 102 valence electrons. The Labute approximate surface area is 113 Å².